The predicted octanol–water partition coefficient (Wildman–Crippen LogP) is 9.16. The highest BCUT2D eigenvalue weighted by Gasteiger charge is 2.25. The maximum Gasteiger partial charge on any atom is 0.133 e. The van der Waals surface area contributed by atoms with Crippen LogP contribution in [0.4, 0.5) is 0 Å². The molecule has 4 aromatic carbocycles. The Morgan fingerprint density at radius 2 is 0.707 bits per heavy atom. The second-order valence-corrected chi connectivity index (χ2v) is 12.5. The number of aryl methyl sites for hydroxylation is 8. The van der Waals surface area contributed by atoms with Gasteiger partial charge in [-0.3, -0.25) is 0 Å². The summed E-state index contributed by atoms with van der Waals surface area (Å²) in [4.78, 5) is 0. The molecule has 212 valence electrons. The van der Waals surface area contributed by atoms with Crippen molar-refractivity contribution < 1.29 is 14.2 Å². The predicted molar refractivity (Wildman–Crippen MR) is 169 cm³/mol. The lowest BCUT2D eigenvalue weighted by Gasteiger charge is -2.19. The molecule has 2 aliphatic heterocycles. The van der Waals surface area contributed by atoms with Crippen LogP contribution >= 0.6 is 0 Å². The second kappa shape index (κ2) is 10.8. The lowest BCUT2D eigenvalue weighted by atomic mass is 9.91. The van der Waals surface area contributed by atoms with Gasteiger partial charge in [-0.05, 0) is 158 Å². The summed E-state index contributed by atoms with van der Waals surface area (Å²) in [7, 11) is 0. The summed E-state index contributed by atoms with van der Waals surface area (Å²) >= 11 is 0. The van der Waals surface area contributed by atoms with Gasteiger partial charge in [0.15, 0.2) is 0 Å². The highest BCUT2D eigenvalue weighted by molar-refractivity contribution is 5.72. The van der Waals surface area contributed by atoms with Gasteiger partial charge in [-0.2, -0.15) is 0 Å². The molecule has 0 aliphatic carbocycles. The highest BCUT2D eigenvalue weighted by atomic mass is 16.6. The van der Waals surface area contributed by atoms with E-state index < -0.39 is 0 Å². The van der Waals surface area contributed by atoms with Crippen molar-refractivity contribution in [1.29, 1.82) is 0 Å². The van der Waals surface area contributed by atoms with Crippen LogP contribution in [0.15, 0.2) is 48.5 Å². The van der Waals surface area contributed by atoms with E-state index in [1.54, 1.807) is 0 Å². The smallest absolute Gasteiger partial charge is 0.133 e. The first-order valence-electron chi connectivity index (χ1n) is 14.9. The molecular weight excluding hydrogens is 504 g/mol. The van der Waals surface area contributed by atoms with Gasteiger partial charge in [0, 0.05) is 12.8 Å². The van der Waals surface area contributed by atoms with Gasteiger partial charge in [-0.15, -0.1) is 0 Å². The summed E-state index contributed by atoms with van der Waals surface area (Å²) in [5.74, 6) is 1.89. The summed E-state index contributed by atoms with van der Waals surface area (Å²) in [5.41, 5.74) is 17.8. The summed E-state index contributed by atoms with van der Waals surface area (Å²) in [6.07, 6.45) is 2.84. The Labute approximate surface area is 245 Å². The number of benzene rings is 4. The molecule has 2 heterocycles. The first kappa shape index (κ1) is 27.8. The third-order valence-corrected chi connectivity index (χ3v) is 8.85. The molecule has 4 aromatic rings. The lowest BCUT2D eigenvalue weighted by Crippen LogP contribution is -2.01. The van der Waals surface area contributed by atoms with E-state index in [1.165, 1.54) is 55.6 Å². The zero-order valence-corrected chi connectivity index (χ0v) is 25.8. The van der Waals surface area contributed by atoms with Crippen LogP contribution in [-0.2, 0) is 22.3 Å². The Bertz CT molecular complexity index is 1440. The van der Waals surface area contributed by atoms with E-state index in [-0.39, 0.29) is 0 Å². The molecule has 0 saturated carbocycles. The molecule has 41 heavy (non-hydrogen) atoms. The lowest BCUT2D eigenvalue weighted by molar-refractivity contribution is 0.407. The van der Waals surface area contributed by atoms with Crippen LogP contribution < -0.4 is 4.74 Å². The van der Waals surface area contributed by atoms with E-state index in [4.69, 9.17) is 14.2 Å². The molecule has 0 bridgehead atoms. The van der Waals surface area contributed by atoms with Crippen LogP contribution in [0.3, 0.4) is 0 Å². The van der Waals surface area contributed by atoms with Gasteiger partial charge in [0.2, 0.25) is 0 Å². The van der Waals surface area contributed by atoms with Gasteiger partial charge >= 0.3 is 0 Å². The number of hydrogen-bond donors (Lipinski definition) is 0. The van der Waals surface area contributed by atoms with Crippen molar-refractivity contribution >= 4 is 0 Å². The van der Waals surface area contributed by atoms with Gasteiger partial charge < -0.3 is 14.2 Å². The SMILES string of the molecule is Cc1cc(-c2cc(C)c(Oc3c(C)cc(-c4cc(C)c(CC5CO5)c(C)c4)cc3C)c(C)c2)cc(C)c1CC1CO1. The van der Waals surface area contributed by atoms with Crippen molar-refractivity contribution in [2.75, 3.05) is 13.2 Å². The van der Waals surface area contributed by atoms with Crippen LogP contribution in [0, 0.1) is 55.4 Å². The van der Waals surface area contributed by atoms with Crippen molar-refractivity contribution in [2.24, 2.45) is 0 Å². The van der Waals surface area contributed by atoms with E-state index in [1.807, 2.05) is 0 Å². The Kier molecular flexibility index (Phi) is 7.30. The summed E-state index contributed by atoms with van der Waals surface area (Å²) in [5, 5.41) is 0. The fraction of sp³-hybridized carbons (Fsp3) is 0.368. The van der Waals surface area contributed by atoms with E-state index in [0.717, 1.165) is 59.8 Å². The minimum Gasteiger partial charge on any atom is -0.456 e. The molecule has 0 radical (unpaired) electrons. The minimum atomic E-state index is 0.404. The minimum absolute atomic E-state index is 0.404. The molecule has 0 aromatic heterocycles. The molecule has 6 rings (SSSR count). The van der Waals surface area contributed by atoms with Crippen molar-refractivity contribution in [3.63, 3.8) is 0 Å². The zero-order valence-electron chi connectivity index (χ0n) is 25.8. The molecule has 0 N–H and O–H groups in total. The molecule has 2 unspecified atom stereocenters. The van der Waals surface area contributed by atoms with Crippen molar-refractivity contribution in [3.05, 3.63) is 104 Å². The molecular formula is C38H42O3. The Morgan fingerprint density at radius 1 is 0.463 bits per heavy atom. The van der Waals surface area contributed by atoms with Crippen molar-refractivity contribution in [3.8, 4) is 33.8 Å². The second-order valence-electron chi connectivity index (χ2n) is 12.5. The molecule has 2 aliphatic rings. The Balaban J connectivity index is 1.27. The van der Waals surface area contributed by atoms with E-state index in [9.17, 15) is 0 Å². The highest BCUT2D eigenvalue weighted by Crippen LogP contribution is 2.39. The summed E-state index contributed by atoms with van der Waals surface area (Å²) in [6, 6.07) is 18.3. The first-order chi connectivity index (χ1) is 19.6. The van der Waals surface area contributed by atoms with E-state index >= 15 is 0 Å². The van der Waals surface area contributed by atoms with Crippen molar-refractivity contribution in [2.45, 2.75) is 80.4 Å². The van der Waals surface area contributed by atoms with Gasteiger partial charge in [0.1, 0.15) is 11.5 Å². The van der Waals surface area contributed by atoms with Crippen LogP contribution in [0.2, 0.25) is 0 Å². The molecule has 0 spiro atoms. The maximum absolute atomic E-state index is 6.69. The van der Waals surface area contributed by atoms with Crippen LogP contribution in [-0.4, -0.2) is 25.4 Å². The third kappa shape index (κ3) is 5.84. The summed E-state index contributed by atoms with van der Waals surface area (Å²) < 4.78 is 17.7. The average molecular weight is 547 g/mol. The number of hydrogen-bond acceptors (Lipinski definition) is 3. The fourth-order valence-electron chi connectivity index (χ4n) is 6.45. The van der Waals surface area contributed by atoms with Crippen LogP contribution in [0.25, 0.3) is 22.3 Å². The Morgan fingerprint density at radius 3 is 0.951 bits per heavy atom. The normalized spacial score (nSPS) is 17.6. The molecule has 2 fully saturated rings. The zero-order chi connectivity index (χ0) is 29.0. The molecule has 3 nitrogen and oxygen atoms in total. The number of ether oxygens (including phenoxy) is 3. The third-order valence-electron chi connectivity index (χ3n) is 8.85. The van der Waals surface area contributed by atoms with Gasteiger partial charge in [-0.25, -0.2) is 0 Å². The molecule has 2 saturated heterocycles. The largest absolute Gasteiger partial charge is 0.456 e. The summed E-state index contributed by atoms with van der Waals surface area (Å²) in [6.45, 7) is 19.3. The Hall–Kier alpha value is -3.40. The van der Waals surface area contributed by atoms with Crippen LogP contribution in [0.1, 0.15) is 55.6 Å². The van der Waals surface area contributed by atoms with Gasteiger partial charge in [0.25, 0.3) is 0 Å². The standard InChI is InChI=1S/C38H42O3/c1-21-9-29(10-22(2)35(21)17-33-19-39-33)31-13-25(5)37(26(6)14-31)41-38-27(7)15-32(16-28(38)8)30-11-23(3)36(24(4)12-30)18-34-20-40-34/h9-16,33-34H,17-20H2,1-8H3. The molecule has 3 heteroatoms. The number of epoxide rings is 2. The fourth-order valence-corrected chi connectivity index (χ4v) is 6.45. The molecule has 0 amide bonds. The van der Waals surface area contributed by atoms with Gasteiger partial charge in [-0.1, -0.05) is 24.3 Å². The van der Waals surface area contributed by atoms with E-state index in [2.05, 4.69) is 104 Å². The topological polar surface area (TPSA) is 34.3 Å². The molecule has 2 atom stereocenters. The van der Waals surface area contributed by atoms with Crippen LogP contribution in [0.5, 0.6) is 11.5 Å². The quantitative estimate of drug-likeness (QED) is 0.207. The monoisotopic (exact) mass is 546 g/mol. The van der Waals surface area contributed by atoms with Crippen molar-refractivity contribution in [1.82, 2.24) is 0 Å². The van der Waals surface area contributed by atoms with Gasteiger partial charge in [0.05, 0.1) is 25.4 Å². The van der Waals surface area contributed by atoms with E-state index in [0.29, 0.717) is 12.2 Å². The maximum atomic E-state index is 6.69. The number of rotatable bonds is 8. The first-order valence-corrected chi connectivity index (χ1v) is 14.9. The average Bonchev–Trinajstić information content (AvgIpc) is 3.83.